The van der Waals surface area contributed by atoms with Gasteiger partial charge in [-0.2, -0.15) is 0 Å². The monoisotopic (exact) mass is 264 g/mol. The molecule has 0 aliphatic carbocycles. The highest BCUT2D eigenvalue weighted by atomic mass is 16.5. The van der Waals surface area contributed by atoms with Gasteiger partial charge in [0.1, 0.15) is 12.3 Å². The van der Waals surface area contributed by atoms with Crippen LogP contribution in [0.2, 0.25) is 0 Å². The number of nitrogens with two attached hydrogens (primary N) is 1. The van der Waals surface area contributed by atoms with Crippen LogP contribution in [0.15, 0.2) is 18.2 Å². The fourth-order valence-electron chi connectivity index (χ4n) is 1.82. The van der Waals surface area contributed by atoms with Crippen molar-refractivity contribution >= 4 is 23.3 Å². The molecular formula is C13H16N2O4. The summed E-state index contributed by atoms with van der Waals surface area (Å²) in [4.78, 5) is 24.8. The normalized spacial score (nSPS) is 14.1. The first kappa shape index (κ1) is 13.2. The zero-order valence-electron chi connectivity index (χ0n) is 10.9. The van der Waals surface area contributed by atoms with Crippen molar-refractivity contribution in [2.24, 2.45) is 0 Å². The molecule has 19 heavy (non-hydrogen) atoms. The summed E-state index contributed by atoms with van der Waals surface area (Å²) in [5, 5.41) is 0. The second-order valence-corrected chi connectivity index (χ2v) is 4.53. The van der Waals surface area contributed by atoms with Crippen LogP contribution in [0.25, 0.3) is 0 Å². The largest absolute Gasteiger partial charge is 0.482 e. The van der Waals surface area contributed by atoms with Crippen LogP contribution < -0.4 is 15.4 Å². The van der Waals surface area contributed by atoms with Crippen molar-refractivity contribution in [1.29, 1.82) is 0 Å². The van der Waals surface area contributed by atoms with Crippen molar-refractivity contribution in [3.05, 3.63) is 18.2 Å². The van der Waals surface area contributed by atoms with Gasteiger partial charge >= 0.3 is 5.97 Å². The lowest BCUT2D eigenvalue weighted by Gasteiger charge is -2.29. The maximum atomic E-state index is 11.8. The van der Waals surface area contributed by atoms with Gasteiger partial charge in [-0.1, -0.05) is 0 Å². The zero-order chi connectivity index (χ0) is 14.0. The molecule has 1 heterocycles. The molecule has 0 fully saturated rings. The number of carbonyl (C=O) groups is 2. The molecule has 0 radical (unpaired) electrons. The number of ether oxygens (including phenoxy) is 2. The maximum absolute atomic E-state index is 11.8. The molecule has 6 nitrogen and oxygen atoms in total. The van der Waals surface area contributed by atoms with Crippen molar-refractivity contribution in [3.8, 4) is 5.75 Å². The van der Waals surface area contributed by atoms with E-state index in [1.807, 2.05) is 0 Å². The van der Waals surface area contributed by atoms with E-state index < -0.39 is 5.97 Å². The number of nitrogens with zero attached hydrogens (tertiary/aromatic N) is 1. The highest BCUT2D eigenvalue weighted by Crippen LogP contribution is 2.33. The molecule has 1 aliphatic rings. The Morgan fingerprint density at radius 2 is 2.26 bits per heavy atom. The smallest absolute Gasteiger partial charge is 0.326 e. The molecule has 1 amide bonds. The molecular weight excluding hydrogens is 248 g/mol. The van der Waals surface area contributed by atoms with E-state index in [0.29, 0.717) is 17.1 Å². The van der Waals surface area contributed by atoms with Gasteiger partial charge < -0.3 is 15.2 Å². The average Bonchev–Trinajstić information content (AvgIpc) is 2.32. The fourth-order valence-corrected chi connectivity index (χ4v) is 1.82. The van der Waals surface area contributed by atoms with Crippen molar-refractivity contribution < 1.29 is 19.1 Å². The molecule has 0 aromatic heterocycles. The second-order valence-electron chi connectivity index (χ2n) is 4.53. The molecule has 0 unspecified atom stereocenters. The Kier molecular flexibility index (Phi) is 3.59. The molecule has 0 spiro atoms. The van der Waals surface area contributed by atoms with Gasteiger partial charge in [-0.05, 0) is 32.0 Å². The number of benzene rings is 1. The summed E-state index contributed by atoms with van der Waals surface area (Å²) in [5.74, 6) is -0.219. The van der Waals surface area contributed by atoms with Gasteiger partial charge in [-0.15, -0.1) is 0 Å². The number of amides is 1. The average molecular weight is 264 g/mol. The van der Waals surface area contributed by atoms with Crippen molar-refractivity contribution in [1.82, 2.24) is 0 Å². The topological polar surface area (TPSA) is 81.9 Å². The number of fused-ring (bicyclic) bond motifs is 1. The Morgan fingerprint density at radius 3 is 2.95 bits per heavy atom. The third kappa shape index (κ3) is 2.96. The predicted molar refractivity (Wildman–Crippen MR) is 69.9 cm³/mol. The van der Waals surface area contributed by atoms with Crippen molar-refractivity contribution in [3.63, 3.8) is 0 Å². The summed E-state index contributed by atoms with van der Waals surface area (Å²) in [6.45, 7) is 3.28. The van der Waals surface area contributed by atoms with Gasteiger partial charge in [-0.25, -0.2) is 0 Å². The van der Waals surface area contributed by atoms with Crippen LogP contribution in [0.4, 0.5) is 11.4 Å². The maximum Gasteiger partial charge on any atom is 0.326 e. The van der Waals surface area contributed by atoms with E-state index in [1.165, 1.54) is 4.90 Å². The Bertz CT molecular complexity index is 513. The molecule has 1 aromatic carbocycles. The number of anilines is 2. The van der Waals surface area contributed by atoms with Crippen LogP contribution in [-0.4, -0.2) is 31.1 Å². The minimum atomic E-state index is -0.460. The highest BCUT2D eigenvalue weighted by molar-refractivity contribution is 6.01. The van der Waals surface area contributed by atoms with Crippen LogP contribution >= 0.6 is 0 Å². The van der Waals surface area contributed by atoms with Crippen molar-refractivity contribution in [2.75, 3.05) is 23.8 Å². The van der Waals surface area contributed by atoms with E-state index in [4.69, 9.17) is 15.2 Å². The fraction of sp³-hybridized carbons (Fsp3) is 0.385. The number of esters is 1. The standard InChI is InChI=1S/C13H16N2O4/c1-8(2)19-13(17)6-15-10-5-9(14)3-4-11(10)18-7-12(15)16/h3-5,8H,6-7,14H2,1-2H3. The first-order valence-electron chi connectivity index (χ1n) is 5.99. The first-order chi connectivity index (χ1) is 8.97. The number of hydrogen-bond donors (Lipinski definition) is 1. The first-order valence-corrected chi connectivity index (χ1v) is 5.99. The molecule has 0 atom stereocenters. The molecule has 2 N–H and O–H groups in total. The second kappa shape index (κ2) is 5.17. The van der Waals surface area contributed by atoms with Crippen molar-refractivity contribution in [2.45, 2.75) is 20.0 Å². The molecule has 0 saturated carbocycles. The quantitative estimate of drug-likeness (QED) is 0.649. The van der Waals surface area contributed by atoms with Crippen LogP contribution in [0, 0.1) is 0 Å². The van der Waals surface area contributed by atoms with Gasteiger partial charge in [0.05, 0.1) is 11.8 Å². The van der Waals surface area contributed by atoms with Gasteiger partial charge in [0.25, 0.3) is 5.91 Å². The van der Waals surface area contributed by atoms with Gasteiger partial charge in [0, 0.05) is 5.69 Å². The number of carbonyl (C=O) groups excluding carboxylic acids is 2. The summed E-state index contributed by atoms with van der Waals surface area (Å²) in [7, 11) is 0. The summed E-state index contributed by atoms with van der Waals surface area (Å²) < 4.78 is 10.3. The summed E-state index contributed by atoms with van der Waals surface area (Å²) in [6, 6.07) is 4.96. The minimum Gasteiger partial charge on any atom is -0.482 e. The Balaban J connectivity index is 2.23. The van der Waals surface area contributed by atoms with Gasteiger partial charge in [0.15, 0.2) is 6.61 Å². The highest BCUT2D eigenvalue weighted by Gasteiger charge is 2.28. The predicted octanol–water partition coefficient (Wildman–Crippen LogP) is 0.946. The molecule has 0 saturated heterocycles. The van der Waals surface area contributed by atoms with Gasteiger partial charge in [0.2, 0.25) is 0 Å². The molecule has 0 bridgehead atoms. The van der Waals surface area contributed by atoms with Gasteiger partial charge in [-0.3, -0.25) is 14.5 Å². The third-order valence-corrected chi connectivity index (χ3v) is 2.58. The molecule has 6 heteroatoms. The Hall–Kier alpha value is -2.24. The van der Waals surface area contributed by atoms with E-state index in [-0.39, 0.29) is 25.2 Å². The molecule has 102 valence electrons. The summed E-state index contributed by atoms with van der Waals surface area (Å²) in [5.41, 5.74) is 6.69. The molecule has 1 aromatic rings. The summed E-state index contributed by atoms with van der Waals surface area (Å²) in [6.07, 6.45) is -0.219. The number of nitrogen functional groups attached to an aromatic ring is 1. The van der Waals surface area contributed by atoms with E-state index in [9.17, 15) is 9.59 Å². The van der Waals surface area contributed by atoms with Crippen LogP contribution in [0.3, 0.4) is 0 Å². The van der Waals surface area contributed by atoms with E-state index in [1.54, 1.807) is 32.0 Å². The lowest BCUT2D eigenvalue weighted by molar-refractivity contribution is -0.146. The minimum absolute atomic E-state index is 0.0914. The van der Waals surface area contributed by atoms with E-state index >= 15 is 0 Å². The summed E-state index contributed by atoms with van der Waals surface area (Å²) >= 11 is 0. The number of rotatable bonds is 3. The number of hydrogen-bond acceptors (Lipinski definition) is 5. The van der Waals surface area contributed by atoms with E-state index in [0.717, 1.165) is 0 Å². The lowest BCUT2D eigenvalue weighted by Crippen LogP contribution is -2.42. The molecule has 2 rings (SSSR count). The van der Waals surface area contributed by atoms with Crippen LogP contribution in [0.5, 0.6) is 5.75 Å². The Morgan fingerprint density at radius 1 is 1.53 bits per heavy atom. The lowest BCUT2D eigenvalue weighted by atomic mass is 10.2. The molecule has 1 aliphatic heterocycles. The van der Waals surface area contributed by atoms with Crippen LogP contribution in [0.1, 0.15) is 13.8 Å². The SMILES string of the molecule is CC(C)OC(=O)CN1C(=O)COc2ccc(N)cc21. The van der Waals surface area contributed by atoms with Crippen LogP contribution in [-0.2, 0) is 14.3 Å². The Labute approximate surface area is 111 Å². The zero-order valence-corrected chi connectivity index (χ0v) is 10.9. The third-order valence-electron chi connectivity index (χ3n) is 2.58. The van der Waals surface area contributed by atoms with E-state index in [2.05, 4.69) is 0 Å².